The minimum absolute atomic E-state index is 0.0248. The van der Waals surface area contributed by atoms with Gasteiger partial charge < -0.3 is 0 Å². The number of aryl methyl sites for hydroxylation is 1. The van der Waals surface area contributed by atoms with Crippen molar-refractivity contribution in [1.29, 1.82) is 0 Å². The van der Waals surface area contributed by atoms with Gasteiger partial charge in [0, 0.05) is 11.5 Å². The van der Waals surface area contributed by atoms with E-state index in [2.05, 4.69) is 0 Å². The van der Waals surface area contributed by atoms with Gasteiger partial charge in [-0.3, -0.25) is 9.59 Å². The van der Waals surface area contributed by atoms with Crippen LogP contribution in [0.1, 0.15) is 42.6 Å². The van der Waals surface area contributed by atoms with E-state index in [1.807, 2.05) is 38.1 Å². The zero-order chi connectivity index (χ0) is 12.4. The Kier molecular flexibility index (Phi) is 3.41. The van der Waals surface area contributed by atoms with Crippen LogP contribution < -0.4 is 0 Å². The molecule has 2 nitrogen and oxygen atoms in total. The molecular weight excluding hydrogens is 212 g/mol. The predicted molar refractivity (Wildman–Crippen MR) is 67.0 cm³/mol. The molecule has 90 valence electrons. The number of hydrogen-bond acceptors (Lipinski definition) is 2. The Morgan fingerprint density at radius 3 is 2.71 bits per heavy atom. The number of hydrogen-bond donors (Lipinski definition) is 0. The van der Waals surface area contributed by atoms with Crippen molar-refractivity contribution in [2.75, 3.05) is 0 Å². The fourth-order valence-electron chi connectivity index (χ4n) is 2.47. The average molecular weight is 230 g/mol. The van der Waals surface area contributed by atoms with Crippen molar-refractivity contribution in [2.45, 2.75) is 33.1 Å². The minimum Gasteiger partial charge on any atom is -0.299 e. The monoisotopic (exact) mass is 230 g/mol. The normalized spacial score (nSPS) is 19.9. The molecule has 0 saturated heterocycles. The van der Waals surface area contributed by atoms with Crippen molar-refractivity contribution in [1.82, 2.24) is 0 Å². The van der Waals surface area contributed by atoms with Crippen LogP contribution in [0.15, 0.2) is 24.3 Å². The minimum atomic E-state index is -0.418. The second-order valence-corrected chi connectivity index (χ2v) is 5.02. The maximum Gasteiger partial charge on any atom is 0.173 e. The summed E-state index contributed by atoms with van der Waals surface area (Å²) in [5.41, 5.74) is 1.85. The molecule has 1 aliphatic rings. The summed E-state index contributed by atoms with van der Waals surface area (Å²) in [7, 11) is 0. The first-order valence-electron chi connectivity index (χ1n) is 6.27. The molecule has 2 rings (SSSR count). The van der Waals surface area contributed by atoms with Crippen LogP contribution in [-0.2, 0) is 11.2 Å². The van der Waals surface area contributed by atoms with Gasteiger partial charge >= 0.3 is 0 Å². The Hall–Kier alpha value is -1.44. The first kappa shape index (κ1) is 12.0. The van der Waals surface area contributed by atoms with Crippen LogP contribution in [0.25, 0.3) is 0 Å². The van der Waals surface area contributed by atoms with Crippen molar-refractivity contribution in [2.24, 2.45) is 11.8 Å². The smallest absolute Gasteiger partial charge is 0.173 e. The molecule has 0 amide bonds. The van der Waals surface area contributed by atoms with Gasteiger partial charge in [-0.05, 0) is 24.8 Å². The Morgan fingerprint density at radius 1 is 1.29 bits per heavy atom. The Morgan fingerprint density at radius 2 is 2.00 bits per heavy atom. The van der Waals surface area contributed by atoms with Gasteiger partial charge in [0.05, 0.1) is 5.92 Å². The molecule has 1 unspecified atom stereocenters. The molecule has 0 spiro atoms. The van der Waals surface area contributed by atoms with Gasteiger partial charge in [-0.2, -0.15) is 0 Å². The standard InChI is InChI=1S/C15H18O2/c1-10(2)14(16)13-9-5-7-11-6-3-4-8-12(11)15(13)17/h3-4,6,8,10,13H,5,7,9H2,1-2H3. The molecular formula is C15H18O2. The van der Waals surface area contributed by atoms with Gasteiger partial charge in [0.25, 0.3) is 0 Å². The molecule has 0 radical (unpaired) electrons. The number of carbonyl (C=O) groups excluding carboxylic acids is 2. The van der Waals surface area contributed by atoms with Crippen LogP contribution in [0.5, 0.6) is 0 Å². The molecule has 1 aromatic rings. The van der Waals surface area contributed by atoms with Gasteiger partial charge in [-0.15, -0.1) is 0 Å². The van der Waals surface area contributed by atoms with E-state index < -0.39 is 5.92 Å². The van der Waals surface area contributed by atoms with Crippen LogP contribution in [0.3, 0.4) is 0 Å². The van der Waals surface area contributed by atoms with Crippen molar-refractivity contribution in [3.05, 3.63) is 35.4 Å². The second kappa shape index (κ2) is 4.82. The Labute approximate surface area is 102 Å². The molecule has 17 heavy (non-hydrogen) atoms. The topological polar surface area (TPSA) is 34.1 Å². The number of fused-ring (bicyclic) bond motifs is 1. The summed E-state index contributed by atoms with van der Waals surface area (Å²) >= 11 is 0. The van der Waals surface area contributed by atoms with E-state index in [0.29, 0.717) is 6.42 Å². The quantitative estimate of drug-likeness (QED) is 0.578. The lowest BCUT2D eigenvalue weighted by Gasteiger charge is -2.14. The molecule has 0 saturated carbocycles. The molecule has 1 aliphatic carbocycles. The molecule has 1 aromatic carbocycles. The summed E-state index contributed by atoms with van der Waals surface area (Å²) in [4.78, 5) is 24.4. The van der Waals surface area contributed by atoms with Gasteiger partial charge in [0.1, 0.15) is 5.78 Å². The van der Waals surface area contributed by atoms with E-state index in [4.69, 9.17) is 0 Å². The first-order valence-corrected chi connectivity index (χ1v) is 6.27. The largest absolute Gasteiger partial charge is 0.299 e. The van der Waals surface area contributed by atoms with Crippen LogP contribution >= 0.6 is 0 Å². The number of Topliss-reactive ketones (excluding diaryl/α,β-unsaturated/α-hetero) is 2. The third kappa shape index (κ3) is 2.31. The molecule has 2 heteroatoms. The fraction of sp³-hybridized carbons (Fsp3) is 0.467. The van der Waals surface area contributed by atoms with Crippen LogP contribution in [-0.4, -0.2) is 11.6 Å². The van der Waals surface area contributed by atoms with E-state index in [-0.39, 0.29) is 17.5 Å². The van der Waals surface area contributed by atoms with Crippen LogP contribution in [0, 0.1) is 11.8 Å². The highest BCUT2D eigenvalue weighted by atomic mass is 16.2. The summed E-state index contributed by atoms with van der Waals surface area (Å²) in [6.07, 6.45) is 2.53. The average Bonchev–Trinajstić information content (AvgIpc) is 2.48. The number of benzene rings is 1. The summed E-state index contributed by atoms with van der Waals surface area (Å²) in [6, 6.07) is 7.68. The summed E-state index contributed by atoms with van der Waals surface area (Å²) in [5.74, 6) is -0.364. The van der Waals surface area contributed by atoms with Gasteiger partial charge in [0.15, 0.2) is 5.78 Å². The highest BCUT2D eigenvalue weighted by Crippen LogP contribution is 2.26. The highest BCUT2D eigenvalue weighted by Gasteiger charge is 2.31. The predicted octanol–water partition coefficient (Wildman–Crippen LogP) is 3.05. The molecule has 0 N–H and O–H groups in total. The zero-order valence-electron chi connectivity index (χ0n) is 10.4. The highest BCUT2D eigenvalue weighted by molar-refractivity contribution is 6.12. The van der Waals surface area contributed by atoms with Gasteiger partial charge in [-0.1, -0.05) is 38.1 Å². The molecule has 0 aliphatic heterocycles. The van der Waals surface area contributed by atoms with Crippen LogP contribution in [0.2, 0.25) is 0 Å². The number of ketones is 2. The maximum absolute atomic E-state index is 12.4. The fourth-order valence-corrected chi connectivity index (χ4v) is 2.47. The van der Waals surface area contributed by atoms with Gasteiger partial charge in [-0.25, -0.2) is 0 Å². The molecule has 0 heterocycles. The maximum atomic E-state index is 12.4. The molecule has 0 aromatic heterocycles. The summed E-state index contributed by atoms with van der Waals surface area (Å²) < 4.78 is 0. The van der Waals surface area contributed by atoms with Crippen molar-refractivity contribution in [3.8, 4) is 0 Å². The van der Waals surface area contributed by atoms with Gasteiger partial charge in [0.2, 0.25) is 0 Å². The lowest BCUT2D eigenvalue weighted by Crippen LogP contribution is -2.27. The lowest BCUT2D eigenvalue weighted by molar-refractivity contribution is -0.124. The second-order valence-electron chi connectivity index (χ2n) is 5.02. The van der Waals surface area contributed by atoms with Crippen LogP contribution in [0.4, 0.5) is 0 Å². The van der Waals surface area contributed by atoms with E-state index >= 15 is 0 Å². The Bertz CT molecular complexity index is 446. The third-order valence-electron chi connectivity index (χ3n) is 3.45. The third-order valence-corrected chi connectivity index (χ3v) is 3.45. The number of rotatable bonds is 2. The SMILES string of the molecule is CC(C)C(=O)C1CCCc2ccccc2C1=O. The first-order chi connectivity index (χ1) is 8.11. The summed E-state index contributed by atoms with van der Waals surface area (Å²) in [6.45, 7) is 3.73. The molecule has 0 fully saturated rings. The van der Waals surface area contributed by atoms with E-state index in [1.54, 1.807) is 0 Å². The summed E-state index contributed by atoms with van der Waals surface area (Å²) in [5, 5.41) is 0. The van der Waals surface area contributed by atoms with Crippen molar-refractivity contribution in [3.63, 3.8) is 0 Å². The molecule has 1 atom stereocenters. The van der Waals surface area contributed by atoms with E-state index in [9.17, 15) is 9.59 Å². The Balaban J connectivity index is 2.35. The molecule has 0 bridgehead atoms. The van der Waals surface area contributed by atoms with Crippen molar-refractivity contribution >= 4 is 11.6 Å². The van der Waals surface area contributed by atoms with Crippen molar-refractivity contribution < 1.29 is 9.59 Å². The zero-order valence-corrected chi connectivity index (χ0v) is 10.4. The number of carbonyl (C=O) groups is 2. The van der Waals surface area contributed by atoms with E-state index in [1.165, 1.54) is 0 Å². The lowest BCUT2D eigenvalue weighted by atomic mass is 9.86. The van der Waals surface area contributed by atoms with E-state index in [0.717, 1.165) is 24.0 Å².